The van der Waals surface area contributed by atoms with Crippen LogP contribution in [0.5, 0.6) is 0 Å². The molecule has 5 nitrogen and oxygen atoms in total. The van der Waals surface area contributed by atoms with Crippen LogP contribution in [0.4, 0.5) is 11.4 Å². The predicted molar refractivity (Wildman–Crippen MR) is 79.7 cm³/mol. The Balaban J connectivity index is 1.89. The second-order valence-electron chi connectivity index (χ2n) is 4.66. The van der Waals surface area contributed by atoms with Crippen molar-refractivity contribution >= 4 is 23.2 Å². The summed E-state index contributed by atoms with van der Waals surface area (Å²) in [6, 6.07) is 7.34. The molecule has 2 rings (SSSR count). The van der Waals surface area contributed by atoms with E-state index < -0.39 is 0 Å². The van der Waals surface area contributed by atoms with Crippen LogP contribution >= 0.6 is 0 Å². The SMILES string of the molecule is C=CCNCC(=O)Nc1ccc(N2CCCC2=O)cc1. The molecule has 0 unspecified atom stereocenters. The van der Waals surface area contributed by atoms with Gasteiger partial charge in [0, 0.05) is 30.9 Å². The number of amides is 2. The van der Waals surface area contributed by atoms with Gasteiger partial charge in [-0.3, -0.25) is 9.59 Å². The van der Waals surface area contributed by atoms with Crippen LogP contribution in [0.25, 0.3) is 0 Å². The molecule has 1 aromatic rings. The number of carbonyl (C=O) groups is 2. The molecule has 1 heterocycles. The summed E-state index contributed by atoms with van der Waals surface area (Å²) in [6.45, 7) is 5.19. The van der Waals surface area contributed by atoms with E-state index in [1.54, 1.807) is 11.0 Å². The smallest absolute Gasteiger partial charge is 0.238 e. The summed E-state index contributed by atoms with van der Waals surface area (Å²) in [5, 5.41) is 5.72. The van der Waals surface area contributed by atoms with Gasteiger partial charge in [-0.2, -0.15) is 0 Å². The summed E-state index contributed by atoms with van der Waals surface area (Å²) >= 11 is 0. The third-order valence-corrected chi connectivity index (χ3v) is 3.11. The van der Waals surface area contributed by atoms with Gasteiger partial charge in [0.2, 0.25) is 11.8 Å². The average molecular weight is 273 g/mol. The Morgan fingerprint density at radius 2 is 2.10 bits per heavy atom. The van der Waals surface area contributed by atoms with Crippen molar-refractivity contribution in [3.05, 3.63) is 36.9 Å². The van der Waals surface area contributed by atoms with Gasteiger partial charge in [-0.25, -0.2) is 0 Å². The topological polar surface area (TPSA) is 61.4 Å². The van der Waals surface area contributed by atoms with E-state index in [1.165, 1.54) is 0 Å². The fourth-order valence-corrected chi connectivity index (χ4v) is 2.14. The molecule has 0 aromatic heterocycles. The zero-order valence-corrected chi connectivity index (χ0v) is 11.4. The van der Waals surface area contributed by atoms with Crippen molar-refractivity contribution < 1.29 is 9.59 Å². The van der Waals surface area contributed by atoms with E-state index in [-0.39, 0.29) is 18.4 Å². The van der Waals surface area contributed by atoms with Gasteiger partial charge in [-0.1, -0.05) is 6.08 Å². The number of benzene rings is 1. The monoisotopic (exact) mass is 273 g/mol. The summed E-state index contributed by atoms with van der Waals surface area (Å²) in [7, 11) is 0. The van der Waals surface area contributed by atoms with Crippen LogP contribution < -0.4 is 15.5 Å². The number of hydrogen-bond donors (Lipinski definition) is 2. The zero-order valence-electron chi connectivity index (χ0n) is 11.4. The van der Waals surface area contributed by atoms with Crippen molar-refractivity contribution in [1.82, 2.24) is 5.32 Å². The summed E-state index contributed by atoms with van der Waals surface area (Å²) in [6.07, 6.45) is 3.23. The Hall–Kier alpha value is -2.14. The Morgan fingerprint density at radius 1 is 1.35 bits per heavy atom. The molecule has 1 saturated heterocycles. The first-order valence-electron chi connectivity index (χ1n) is 6.72. The average Bonchev–Trinajstić information content (AvgIpc) is 2.86. The van der Waals surface area contributed by atoms with E-state index in [4.69, 9.17) is 0 Å². The van der Waals surface area contributed by atoms with Crippen molar-refractivity contribution in [3.8, 4) is 0 Å². The Morgan fingerprint density at radius 3 is 2.70 bits per heavy atom. The van der Waals surface area contributed by atoms with Gasteiger partial charge in [0.15, 0.2) is 0 Å². The van der Waals surface area contributed by atoms with Crippen molar-refractivity contribution in [3.63, 3.8) is 0 Å². The second kappa shape index (κ2) is 6.86. The van der Waals surface area contributed by atoms with Gasteiger partial charge in [-0.05, 0) is 30.7 Å². The minimum absolute atomic E-state index is 0.100. The molecule has 1 aliphatic heterocycles. The van der Waals surface area contributed by atoms with Crippen LogP contribution in [0.2, 0.25) is 0 Å². The molecule has 0 saturated carbocycles. The van der Waals surface area contributed by atoms with Gasteiger partial charge >= 0.3 is 0 Å². The number of nitrogens with one attached hydrogen (secondary N) is 2. The quantitative estimate of drug-likeness (QED) is 0.610. The van der Waals surface area contributed by atoms with E-state index in [0.717, 1.165) is 24.3 Å². The maximum absolute atomic E-state index is 11.6. The molecule has 1 aromatic carbocycles. The van der Waals surface area contributed by atoms with Crippen LogP contribution in [0.3, 0.4) is 0 Å². The Kier molecular flexibility index (Phi) is 4.90. The summed E-state index contributed by atoms with van der Waals surface area (Å²) in [5.41, 5.74) is 1.61. The molecular weight excluding hydrogens is 254 g/mol. The number of anilines is 2. The molecule has 0 atom stereocenters. The van der Waals surface area contributed by atoms with Crippen LogP contribution in [-0.4, -0.2) is 31.4 Å². The number of carbonyl (C=O) groups excluding carboxylic acids is 2. The van der Waals surface area contributed by atoms with Crippen LogP contribution in [0.15, 0.2) is 36.9 Å². The summed E-state index contributed by atoms with van der Waals surface area (Å²) in [4.78, 5) is 25.0. The lowest BCUT2D eigenvalue weighted by Gasteiger charge is -2.16. The van der Waals surface area contributed by atoms with Gasteiger partial charge < -0.3 is 15.5 Å². The Labute approximate surface area is 118 Å². The first-order chi connectivity index (χ1) is 9.70. The number of hydrogen-bond acceptors (Lipinski definition) is 3. The third kappa shape index (κ3) is 3.68. The molecule has 2 N–H and O–H groups in total. The van der Waals surface area contributed by atoms with Crippen molar-refractivity contribution in [2.75, 3.05) is 29.9 Å². The molecule has 1 aliphatic rings. The zero-order chi connectivity index (χ0) is 14.4. The minimum Gasteiger partial charge on any atom is -0.325 e. The lowest BCUT2D eigenvalue weighted by atomic mass is 10.2. The number of nitrogens with zero attached hydrogens (tertiary/aromatic N) is 1. The highest BCUT2D eigenvalue weighted by atomic mass is 16.2. The largest absolute Gasteiger partial charge is 0.325 e. The van der Waals surface area contributed by atoms with E-state index in [2.05, 4.69) is 17.2 Å². The molecule has 106 valence electrons. The summed E-state index contributed by atoms with van der Waals surface area (Å²) < 4.78 is 0. The van der Waals surface area contributed by atoms with Gasteiger partial charge in [0.1, 0.15) is 0 Å². The highest BCUT2D eigenvalue weighted by Gasteiger charge is 2.21. The van der Waals surface area contributed by atoms with Crippen molar-refractivity contribution in [1.29, 1.82) is 0 Å². The fraction of sp³-hybridized carbons (Fsp3) is 0.333. The van der Waals surface area contributed by atoms with E-state index in [1.807, 2.05) is 24.3 Å². The fourth-order valence-electron chi connectivity index (χ4n) is 2.14. The van der Waals surface area contributed by atoms with Crippen LogP contribution in [0.1, 0.15) is 12.8 Å². The van der Waals surface area contributed by atoms with E-state index in [0.29, 0.717) is 13.0 Å². The molecule has 0 spiro atoms. The van der Waals surface area contributed by atoms with E-state index >= 15 is 0 Å². The predicted octanol–water partition coefficient (Wildman–Crippen LogP) is 1.53. The van der Waals surface area contributed by atoms with Crippen LogP contribution in [0, 0.1) is 0 Å². The first kappa shape index (κ1) is 14.3. The molecular formula is C15H19N3O2. The minimum atomic E-state index is -0.100. The molecule has 2 amide bonds. The van der Waals surface area contributed by atoms with Gasteiger partial charge in [-0.15, -0.1) is 6.58 Å². The normalized spacial score (nSPS) is 14.4. The van der Waals surface area contributed by atoms with Crippen molar-refractivity contribution in [2.45, 2.75) is 12.8 Å². The van der Waals surface area contributed by atoms with Crippen LogP contribution in [-0.2, 0) is 9.59 Å². The first-order valence-corrected chi connectivity index (χ1v) is 6.72. The molecule has 0 aliphatic carbocycles. The lowest BCUT2D eigenvalue weighted by molar-refractivity contribution is -0.117. The highest BCUT2D eigenvalue weighted by Crippen LogP contribution is 2.22. The standard InChI is InChI=1S/C15H19N3O2/c1-2-9-16-11-14(19)17-12-5-7-13(8-6-12)18-10-3-4-15(18)20/h2,5-8,16H,1,3-4,9-11H2,(H,17,19). The maximum Gasteiger partial charge on any atom is 0.238 e. The van der Waals surface area contributed by atoms with Crippen molar-refractivity contribution in [2.24, 2.45) is 0 Å². The maximum atomic E-state index is 11.6. The third-order valence-electron chi connectivity index (χ3n) is 3.11. The summed E-state index contributed by atoms with van der Waals surface area (Å²) in [5.74, 6) is 0.0623. The molecule has 0 bridgehead atoms. The van der Waals surface area contributed by atoms with E-state index in [9.17, 15) is 9.59 Å². The molecule has 20 heavy (non-hydrogen) atoms. The molecule has 1 fully saturated rings. The van der Waals surface area contributed by atoms with Gasteiger partial charge in [0.05, 0.1) is 6.54 Å². The molecule has 5 heteroatoms. The second-order valence-corrected chi connectivity index (χ2v) is 4.66. The highest BCUT2D eigenvalue weighted by molar-refractivity contribution is 5.96. The Bertz CT molecular complexity index is 496. The molecule has 0 radical (unpaired) electrons. The number of rotatable bonds is 6. The van der Waals surface area contributed by atoms with Gasteiger partial charge in [0.25, 0.3) is 0 Å². The lowest BCUT2D eigenvalue weighted by Crippen LogP contribution is -2.28.